The maximum atomic E-state index is 13.7. The second kappa shape index (κ2) is 13.2. The monoisotopic (exact) mass is 576 g/mol. The molecule has 41 heavy (non-hydrogen) atoms. The van der Waals surface area contributed by atoms with E-state index in [1.54, 1.807) is 26.0 Å². The molecule has 0 saturated carbocycles. The van der Waals surface area contributed by atoms with Crippen LogP contribution in [0, 0.1) is 24.7 Å². The van der Waals surface area contributed by atoms with Crippen molar-refractivity contribution in [2.24, 2.45) is 5.92 Å². The molecule has 218 valence electrons. The van der Waals surface area contributed by atoms with E-state index >= 15 is 0 Å². The van der Waals surface area contributed by atoms with E-state index in [0.29, 0.717) is 18.7 Å². The molecular weight excluding hydrogens is 536 g/mol. The van der Waals surface area contributed by atoms with Crippen molar-refractivity contribution in [1.29, 1.82) is 0 Å². The first-order valence-corrected chi connectivity index (χ1v) is 15.4. The first kappa shape index (κ1) is 30.8. The van der Waals surface area contributed by atoms with E-state index in [4.69, 9.17) is 4.74 Å². The maximum absolute atomic E-state index is 13.7. The molecule has 7 nitrogen and oxygen atoms in total. The number of hydrogen-bond donors (Lipinski definition) is 2. The van der Waals surface area contributed by atoms with Crippen molar-refractivity contribution in [3.05, 3.63) is 83.4 Å². The fourth-order valence-corrected chi connectivity index (χ4v) is 6.77. The predicted octanol–water partition coefficient (Wildman–Crippen LogP) is 4.29. The van der Waals surface area contributed by atoms with Crippen LogP contribution < -0.4 is 4.74 Å². The fraction of sp³-hybridized carbons (Fsp3) is 0.394. The summed E-state index contributed by atoms with van der Waals surface area (Å²) in [7, 11) is -1.90. The first-order valence-electron chi connectivity index (χ1n) is 14.0. The lowest BCUT2D eigenvalue weighted by molar-refractivity contribution is 0.0733. The third-order valence-corrected chi connectivity index (χ3v) is 9.39. The van der Waals surface area contributed by atoms with Gasteiger partial charge in [-0.15, -0.1) is 0 Å². The van der Waals surface area contributed by atoms with Crippen LogP contribution in [0.5, 0.6) is 5.75 Å². The van der Waals surface area contributed by atoms with Gasteiger partial charge in [-0.25, -0.2) is 8.42 Å². The predicted molar refractivity (Wildman–Crippen MR) is 162 cm³/mol. The molecule has 8 heteroatoms. The second-order valence-corrected chi connectivity index (χ2v) is 13.0. The van der Waals surface area contributed by atoms with Gasteiger partial charge in [0.1, 0.15) is 22.9 Å². The summed E-state index contributed by atoms with van der Waals surface area (Å²) in [5, 5.41) is 19.5. The van der Waals surface area contributed by atoms with Gasteiger partial charge in [0.05, 0.1) is 6.61 Å². The minimum Gasteiger partial charge on any atom is -0.487 e. The van der Waals surface area contributed by atoms with E-state index < -0.39 is 22.2 Å². The third kappa shape index (κ3) is 7.56. The van der Waals surface area contributed by atoms with Gasteiger partial charge < -0.3 is 14.9 Å². The normalized spacial score (nSPS) is 20.1. The molecule has 0 amide bonds. The Morgan fingerprint density at radius 3 is 2.29 bits per heavy atom. The summed E-state index contributed by atoms with van der Waals surface area (Å²) in [5.41, 5.74) is 5.29. The summed E-state index contributed by atoms with van der Waals surface area (Å²) in [6.07, 6.45) is -1.13. The molecule has 1 aliphatic heterocycles. The number of likely N-dealkylation sites (N-methyl/N-ethyl adjacent to an activating group) is 1. The van der Waals surface area contributed by atoms with Crippen LogP contribution in [0.2, 0.25) is 0 Å². The van der Waals surface area contributed by atoms with Crippen LogP contribution in [-0.2, 0) is 16.6 Å². The van der Waals surface area contributed by atoms with Crippen molar-refractivity contribution in [2.75, 3.05) is 26.7 Å². The molecule has 0 aromatic heterocycles. The Morgan fingerprint density at radius 1 is 1.05 bits per heavy atom. The number of aliphatic hydroxyl groups excluding tert-OH is 2. The van der Waals surface area contributed by atoms with Gasteiger partial charge in [0.15, 0.2) is 0 Å². The molecule has 3 aromatic carbocycles. The summed E-state index contributed by atoms with van der Waals surface area (Å²) < 4.78 is 35.2. The van der Waals surface area contributed by atoms with Gasteiger partial charge in [0.25, 0.3) is 0 Å². The highest BCUT2D eigenvalue weighted by atomic mass is 32.2. The topological polar surface area (TPSA) is 90.3 Å². The van der Waals surface area contributed by atoms with Crippen molar-refractivity contribution in [3.8, 4) is 28.7 Å². The lowest BCUT2D eigenvalue weighted by Gasteiger charge is -2.37. The van der Waals surface area contributed by atoms with E-state index in [-0.39, 0.29) is 35.8 Å². The highest BCUT2D eigenvalue weighted by Gasteiger charge is 2.38. The Bertz CT molecular complexity index is 1490. The van der Waals surface area contributed by atoms with E-state index in [9.17, 15) is 18.6 Å². The molecule has 0 bridgehead atoms. The lowest BCUT2D eigenvalue weighted by Crippen LogP contribution is -2.49. The van der Waals surface area contributed by atoms with Gasteiger partial charge in [-0.05, 0) is 62.7 Å². The number of fused-ring (bicyclic) bond motifs is 1. The molecule has 1 aliphatic rings. The summed E-state index contributed by atoms with van der Waals surface area (Å²) in [5.74, 6) is 5.65. The summed E-state index contributed by atoms with van der Waals surface area (Å²) in [6, 6.07) is 21.2. The number of hydrogen-bond acceptors (Lipinski definition) is 6. The Hall–Kier alpha value is -3.19. The van der Waals surface area contributed by atoms with Crippen molar-refractivity contribution in [3.63, 3.8) is 0 Å². The molecule has 2 N–H and O–H groups in total. The smallest absolute Gasteiger partial charge is 0.247 e. The van der Waals surface area contributed by atoms with Crippen LogP contribution in [-0.4, -0.2) is 72.8 Å². The molecule has 0 fully saturated rings. The minimum atomic E-state index is -3.93. The van der Waals surface area contributed by atoms with Crippen LogP contribution in [0.3, 0.4) is 0 Å². The van der Waals surface area contributed by atoms with Gasteiger partial charge in [-0.1, -0.05) is 72.9 Å². The third-order valence-electron chi connectivity index (χ3n) is 7.38. The van der Waals surface area contributed by atoms with E-state index in [2.05, 4.69) is 72.2 Å². The molecule has 0 saturated heterocycles. The first-order chi connectivity index (χ1) is 19.5. The quantitative estimate of drug-likeness (QED) is 0.408. The molecular formula is C33H40N2O5S. The van der Waals surface area contributed by atoms with Crippen LogP contribution in [0.1, 0.15) is 37.5 Å². The van der Waals surface area contributed by atoms with Crippen molar-refractivity contribution in [2.45, 2.75) is 57.4 Å². The minimum absolute atomic E-state index is 0.0478. The van der Waals surface area contributed by atoms with Crippen molar-refractivity contribution >= 4 is 10.0 Å². The summed E-state index contributed by atoms with van der Waals surface area (Å²) in [4.78, 5) is 2.22. The zero-order chi connectivity index (χ0) is 29.7. The molecule has 4 atom stereocenters. The molecule has 1 heterocycles. The van der Waals surface area contributed by atoms with Gasteiger partial charge in [-0.3, -0.25) is 4.90 Å². The lowest BCUT2D eigenvalue weighted by atomic mass is 10.0. The fourth-order valence-electron chi connectivity index (χ4n) is 4.94. The number of benzene rings is 3. The SMILES string of the molecule is Cc1ccc(-c2ccc(CN(C)C[C@@H]3Oc4cc(C#C[C@@H](C)O)ccc4S(=O)(=O)N([C@@H](C)CO)C[C@@H]3C)cc2)cc1. The molecule has 3 aromatic rings. The molecule has 0 radical (unpaired) electrons. The van der Waals surface area contributed by atoms with Crippen LogP contribution in [0.4, 0.5) is 0 Å². The van der Waals surface area contributed by atoms with Crippen molar-refractivity contribution < 1.29 is 23.4 Å². The zero-order valence-electron chi connectivity index (χ0n) is 24.4. The number of aliphatic hydroxyl groups is 2. The number of nitrogens with zero attached hydrogens (tertiary/aromatic N) is 2. The van der Waals surface area contributed by atoms with Crippen LogP contribution in [0.25, 0.3) is 11.1 Å². The Balaban J connectivity index is 1.58. The largest absolute Gasteiger partial charge is 0.487 e. The molecule has 0 unspecified atom stereocenters. The van der Waals surface area contributed by atoms with E-state index in [0.717, 1.165) is 5.56 Å². The standard InChI is InChI=1S/C33H40N2O5S/c1-23-6-13-29(14-7-23)30-15-10-28(11-16-30)20-34(5)21-32-24(2)19-35(25(3)22-36)41(38,39)33-17-12-27(9-8-26(4)37)18-31(33)40-32/h6-7,10-18,24-26,32,36-37H,19-22H2,1-5H3/t24-,25-,26+,32-/m0/s1. The van der Waals surface area contributed by atoms with Gasteiger partial charge in [-0.2, -0.15) is 4.31 Å². The Kier molecular flexibility index (Phi) is 9.90. The van der Waals surface area contributed by atoms with Gasteiger partial charge in [0.2, 0.25) is 10.0 Å². The average Bonchev–Trinajstić information content (AvgIpc) is 2.94. The molecule has 0 aliphatic carbocycles. The molecule has 4 rings (SSSR count). The van der Waals surface area contributed by atoms with E-state index in [1.807, 2.05) is 14.0 Å². The number of ether oxygens (including phenoxy) is 1. The average molecular weight is 577 g/mol. The summed E-state index contributed by atoms with van der Waals surface area (Å²) >= 11 is 0. The maximum Gasteiger partial charge on any atom is 0.247 e. The van der Waals surface area contributed by atoms with Crippen LogP contribution in [0.15, 0.2) is 71.6 Å². The van der Waals surface area contributed by atoms with Crippen molar-refractivity contribution in [1.82, 2.24) is 9.21 Å². The summed E-state index contributed by atoms with van der Waals surface area (Å²) in [6.45, 7) is 8.52. The highest BCUT2D eigenvalue weighted by Crippen LogP contribution is 2.34. The number of sulfonamides is 1. The van der Waals surface area contributed by atoms with Gasteiger partial charge in [0, 0.05) is 37.2 Å². The van der Waals surface area contributed by atoms with Gasteiger partial charge >= 0.3 is 0 Å². The Labute approximate surface area is 244 Å². The zero-order valence-corrected chi connectivity index (χ0v) is 25.2. The van der Waals surface area contributed by atoms with Crippen LogP contribution >= 0.6 is 0 Å². The second-order valence-electron chi connectivity index (χ2n) is 11.1. The number of rotatable bonds is 7. The number of aryl methyl sites for hydroxylation is 1. The molecule has 0 spiro atoms. The highest BCUT2D eigenvalue weighted by molar-refractivity contribution is 7.89. The Morgan fingerprint density at radius 2 is 1.68 bits per heavy atom. The van der Waals surface area contributed by atoms with E-state index in [1.165, 1.54) is 27.1 Å².